The fraction of sp³-hybridized carbons (Fsp3) is 0.350. The second-order valence-electron chi connectivity index (χ2n) is 7.56. The molecular formula is C20H20N6O3. The standard InChI is InChI=1S/C20H20N6O3/c1-12-3-5-13(6-4-12)14-7-15(8-14)26-20(28)29-16(23-26)9-25-11-22-18-17(19(25)27)24(2)10-21-18/h3-6,10-11,14-15H,7-9H2,1-2H3/i10D. The minimum atomic E-state index is -0.520. The van der Waals surface area contributed by atoms with E-state index >= 15 is 0 Å². The average molecular weight is 393 g/mol. The fourth-order valence-electron chi connectivity index (χ4n) is 3.80. The fourth-order valence-corrected chi connectivity index (χ4v) is 3.80. The number of nitrogens with zero attached hydrogens (tertiary/aromatic N) is 6. The Kier molecular flexibility index (Phi) is 3.71. The Morgan fingerprint density at radius 3 is 2.72 bits per heavy atom. The summed E-state index contributed by atoms with van der Waals surface area (Å²) in [6.45, 7) is 2.04. The van der Waals surface area contributed by atoms with E-state index in [0.29, 0.717) is 5.92 Å². The molecule has 9 heteroatoms. The van der Waals surface area contributed by atoms with Gasteiger partial charge in [0, 0.05) is 7.05 Å². The van der Waals surface area contributed by atoms with Crippen LogP contribution < -0.4 is 11.3 Å². The normalized spacial score (nSPS) is 19.3. The number of hydrogen-bond acceptors (Lipinski definition) is 6. The molecule has 3 heterocycles. The Morgan fingerprint density at radius 2 is 1.97 bits per heavy atom. The van der Waals surface area contributed by atoms with Gasteiger partial charge in [-0.1, -0.05) is 29.8 Å². The van der Waals surface area contributed by atoms with Crippen molar-refractivity contribution in [2.45, 2.75) is 38.3 Å². The third-order valence-corrected chi connectivity index (χ3v) is 5.56. The highest BCUT2D eigenvalue weighted by molar-refractivity contribution is 5.68. The maximum absolute atomic E-state index is 12.7. The summed E-state index contributed by atoms with van der Waals surface area (Å²) < 4.78 is 17.1. The molecular weight excluding hydrogens is 372 g/mol. The summed E-state index contributed by atoms with van der Waals surface area (Å²) in [7, 11) is 1.58. The Hall–Kier alpha value is -3.49. The maximum atomic E-state index is 12.7. The highest BCUT2D eigenvalue weighted by Gasteiger charge is 2.34. The lowest BCUT2D eigenvalue weighted by Crippen LogP contribution is -2.31. The van der Waals surface area contributed by atoms with Gasteiger partial charge in [-0.3, -0.25) is 9.36 Å². The minimum absolute atomic E-state index is 0.0124. The van der Waals surface area contributed by atoms with E-state index in [9.17, 15) is 9.59 Å². The molecule has 5 rings (SSSR count). The zero-order valence-electron chi connectivity index (χ0n) is 17.1. The Labute approximate surface area is 166 Å². The summed E-state index contributed by atoms with van der Waals surface area (Å²) in [5.41, 5.74) is 2.56. The van der Waals surface area contributed by atoms with Crippen molar-refractivity contribution in [1.82, 2.24) is 28.9 Å². The summed E-state index contributed by atoms with van der Waals surface area (Å²) in [6.07, 6.45) is 2.93. The van der Waals surface area contributed by atoms with E-state index in [-0.39, 0.29) is 41.5 Å². The van der Waals surface area contributed by atoms with Crippen molar-refractivity contribution in [3.8, 4) is 0 Å². The molecule has 0 unspecified atom stereocenters. The van der Waals surface area contributed by atoms with Gasteiger partial charge in [-0.25, -0.2) is 14.8 Å². The van der Waals surface area contributed by atoms with E-state index in [0.717, 1.165) is 12.8 Å². The zero-order valence-corrected chi connectivity index (χ0v) is 16.1. The van der Waals surface area contributed by atoms with Gasteiger partial charge in [0.2, 0.25) is 5.89 Å². The first-order chi connectivity index (χ1) is 14.4. The molecule has 29 heavy (non-hydrogen) atoms. The van der Waals surface area contributed by atoms with Crippen LogP contribution in [0.1, 0.15) is 43.2 Å². The number of hydrogen-bond donors (Lipinski definition) is 0. The first-order valence-corrected chi connectivity index (χ1v) is 9.44. The molecule has 9 nitrogen and oxygen atoms in total. The first-order valence-electron chi connectivity index (χ1n) is 9.94. The predicted molar refractivity (Wildman–Crippen MR) is 105 cm³/mol. The summed E-state index contributed by atoms with van der Waals surface area (Å²) in [5.74, 6) is 0.0320. The van der Waals surface area contributed by atoms with Gasteiger partial charge in [-0.15, -0.1) is 5.10 Å². The Bertz CT molecular complexity index is 1360. The number of fused-ring (bicyclic) bond motifs is 1. The molecule has 3 aromatic heterocycles. The molecule has 1 saturated carbocycles. The van der Waals surface area contributed by atoms with Gasteiger partial charge in [-0.2, -0.15) is 4.68 Å². The first kappa shape index (κ1) is 16.5. The van der Waals surface area contributed by atoms with E-state index in [1.165, 1.54) is 31.3 Å². The van der Waals surface area contributed by atoms with E-state index in [1.807, 2.05) is 0 Å². The third-order valence-electron chi connectivity index (χ3n) is 5.56. The summed E-state index contributed by atoms with van der Waals surface area (Å²) >= 11 is 0. The summed E-state index contributed by atoms with van der Waals surface area (Å²) in [5, 5.41) is 4.31. The molecule has 1 aliphatic carbocycles. The second-order valence-corrected chi connectivity index (χ2v) is 7.56. The molecule has 1 fully saturated rings. The molecule has 1 aliphatic rings. The van der Waals surface area contributed by atoms with Crippen LogP contribution in [0.15, 0.2) is 50.9 Å². The van der Waals surface area contributed by atoms with Crippen LogP contribution >= 0.6 is 0 Å². The summed E-state index contributed by atoms with van der Waals surface area (Å²) in [4.78, 5) is 33.1. The van der Waals surface area contributed by atoms with Gasteiger partial charge in [0.1, 0.15) is 14.2 Å². The monoisotopic (exact) mass is 393 g/mol. The van der Waals surface area contributed by atoms with Crippen LogP contribution in [0.2, 0.25) is 0 Å². The molecule has 1 aromatic carbocycles. The molecule has 0 saturated heterocycles. The summed E-state index contributed by atoms with van der Waals surface area (Å²) in [6, 6.07) is 8.43. The average Bonchev–Trinajstić information content (AvgIpc) is 3.18. The van der Waals surface area contributed by atoms with E-state index in [4.69, 9.17) is 5.79 Å². The number of rotatable bonds is 4. The van der Waals surface area contributed by atoms with Crippen LogP contribution in [0.25, 0.3) is 11.2 Å². The number of aryl methyl sites for hydroxylation is 2. The molecule has 148 valence electrons. The smallest absolute Gasteiger partial charge is 0.390 e. The van der Waals surface area contributed by atoms with Crippen molar-refractivity contribution in [3.63, 3.8) is 0 Å². The Balaban J connectivity index is 1.35. The van der Waals surface area contributed by atoms with Crippen LogP contribution in [0.3, 0.4) is 0 Å². The van der Waals surface area contributed by atoms with Crippen molar-refractivity contribution < 1.29 is 5.79 Å². The second kappa shape index (κ2) is 6.54. The van der Waals surface area contributed by atoms with E-state index < -0.39 is 5.76 Å². The molecule has 0 bridgehead atoms. The molecule has 0 radical (unpaired) electrons. The lowest BCUT2D eigenvalue weighted by molar-refractivity contribution is 0.233. The van der Waals surface area contributed by atoms with Crippen molar-refractivity contribution in [1.29, 1.82) is 0 Å². The van der Waals surface area contributed by atoms with Crippen molar-refractivity contribution >= 4 is 11.2 Å². The molecule has 0 spiro atoms. The lowest BCUT2D eigenvalue weighted by Gasteiger charge is -2.34. The minimum Gasteiger partial charge on any atom is -0.390 e. The topological polar surface area (TPSA) is 101 Å². The largest absolute Gasteiger partial charge is 0.437 e. The molecule has 0 atom stereocenters. The van der Waals surface area contributed by atoms with Crippen molar-refractivity contribution in [2.75, 3.05) is 0 Å². The number of benzene rings is 1. The van der Waals surface area contributed by atoms with Gasteiger partial charge in [-0.05, 0) is 31.2 Å². The van der Waals surface area contributed by atoms with Crippen LogP contribution in [0, 0.1) is 6.92 Å². The van der Waals surface area contributed by atoms with Gasteiger partial charge in [0.25, 0.3) is 5.56 Å². The quantitative estimate of drug-likeness (QED) is 0.524. The van der Waals surface area contributed by atoms with Crippen molar-refractivity contribution in [3.05, 3.63) is 74.8 Å². The molecule has 0 amide bonds. The highest BCUT2D eigenvalue weighted by atomic mass is 16.4. The van der Waals surface area contributed by atoms with Crippen LogP contribution in [0.4, 0.5) is 0 Å². The molecule has 0 N–H and O–H groups in total. The Morgan fingerprint density at radius 1 is 1.21 bits per heavy atom. The van der Waals surface area contributed by atoms with Crippen LogP contribution in [0.5, 0.6) is 0 Å². The highest BCUT2D eigenvalue weighted by Crippen LogP contribution is 2.43. The third kappa shape index (κ3) is 2.98. The van der Waals surface area contributed by atoms with E-state index in [1.54, 1.807) is 7.05 Å². The lowest BCUT2D eigenvalue weighted by atomic mass is 9.76. The van der Waals surface area contributed by atoms with Crippen LogP contribution in [-0.2, 0) is 13.6 Å². The number of aromatic nitrogens is 6. The molecule has 0 aliphatic heterocycles. The van der Waals surface area contributed by atoms with Crippen LogP contribution in [-0.4, -0.2) is 28.9 Å². The van der Waals surface area contributed by atoms with Crippen molar-refractivity contribution in [2.24, 2.45) is 7.05 Å². The molecule has 4 aromatic rings. The van der Waals surface area contributed by atoms with E-state index in [2.05, 4.69) is 46.3 Å². The van der Waals surface area contributed by atoms with Gasteiger partial charge in [0.05, 0.1) is 12.3 Å². The predicted octanol–water partition coefficient (Wildman–Crippen LogP) is 1.76. The van der Waals surface area contributed by atoms with Gasteiger partial charge >= 0.3 is 5.76 Å². The van der Waals surface area contributed by atoms with Gasteiger partial charge in [0.15, 0.2) is 11.2 Å². The zero-order chi connectivity index (χ0) is 21.0. The number of imidazole rings is 1. The maximum Gasteiger partial charge on any atom is 0.437 e. The SMILES string of the molecule is [2H]c1nc2ncn(Cc3nn(C4CC(c5ccc(C)cc5)C4)c(=O)o3)c(=O)c2n1C. The van der Waals surface area contributed by atoms with Gasteiger partial charge < -0.3 is 8.98 Å².